The van der Waals surface area contributed by atoms with Crippen LogP contribution in [-0.2, 0) is 14.3 Å². The molecule has 1 aromatic heterocycles. The van der Waals surface area contributed by atoms with Gasteiger partial charge in [0.25, 0.3) is 0 Å². The van der Waals surface area contributed by atoms with Crippen LogP contribution in [-0.4, -0.2) is 53.5 Å². The number of ether oxygens (including phenoxy) is 1. The summed E-state index contributed by atoms with van der Waals surface area (Å²) >= 11 is 0. The van der Waals surface area contributed by atoms with Crippen LogP contribution in [0.5, 0.6) is 0 Å². The van der Waals surface area contributed by atoms with E-state index in [1.807, 2.05) is 17.0 Å². The Morgan fingerprint density at radius 2 is 2.04 bits per heavy atom. The normalized spacial score (nSPS) is 29.0. The first-order valence-electron chi connectivity index (χ1n) is 8.75. The number of hydrogen-bond donors (Lipinski definition) is 1. The largest absolute Gasteiger partial charge is 0.381 e. The Labute approximate surface area is 141 Å². The summed E-state index contributed by atoms with van der Waals surface area (Å²) in [7, 11) is 0. The lowest BCUT2D eigenvalue weighted by atomic mass is 9.82. The monoisotopic (exact) mass is 329 g/mol. The molecule has 3 aliphatic rings. The van der Waals surface area contributed by atoms with Crippen LogP contribution in [0.2, 0.25) is 0 Å². The minimum absolute atomic E-state index is 0.0294. The molecule has 0 radical (unpaired) electrons. The SMILES string of the molecule is O=C1NC2(CCN(C(=O)[C@H]3CCOC3)CC2)C[C@@H]1c1ccncc1. The van der Waals surface area contributed by atoms with Gasteiger partial charge >= 0.3 is 0 Å². The van der Waals surface area contributed by atoms with Gasteiger partial charge in [0.05, 0.1) is 18.4 Å². The molecule has 128 valence electrons. The van der Waals surface area contributed by atoms with Crippen molar-refractivity contribution in [2.24, 2.45) is 5.92 Å². The lowest BCUT2D eigenvalue weighted by Crippen LogP contribution is -2.53. The van der Waals surface area contributed by atoms with Crippen molar-refractivity contribution in [1.29, 1.82) is 0 Å². The lowest BCUT2D eigenvalue weighted by molar-refractivity contribution is -0.137. The van der Waals surface area contributed by atoms with Crippen molar-refractivity contribution in [1.82, 2.24) is 15.2 Å². The van der Waals surface area contributed by atoms with Crippen molar-refractivity contribution in [3.05, 3.63) is 30.1 Å². The first-order chi connectivity index (χ1) is 11.7. The van der Waals surface area contributed by atoms with E-state index < -0.39 is 0 Å². The van der Waals surface area contributed by atoms with Crippen molar-refractivity contribution in [2.75, 3.05) is 26.3 Å². The van der Waals surface area contributed by atoms with Gasteiger partial charge in [-0.05, 0) is 43.4 Å². The highest BCUT2D eigenvalue weighted by atomic mass is 16.5. The second-order valence-corrected chi connectivity index (χ2v) is 7.19. The maximum absolute atomic E-state index is 12.5. The average Bonchev–Trinajstić information content (AvgIpc) is 3.25. The Morgan fingerprint density at radius 1 is 1.29 bits per heavy atom. The lowest BCUT2D eigenvalue weighted by Gasteiger charge is -2.40. The molecule has 3 saturated heterocycles. The Morgan fingerprint density at radius 3 is 2.71 bits per heavy atom. The first-order valence-corrected chi connectivity index (χ1v) is 8.75. The second kappa shape index (κ2) is 6.16. The molecule has 2 atom stereocenters. The summed E-state index contributed by atoms with van der Waals surface area (Å²) in [6.07, 6.45) is 6.78. The van der Waals surface area contributed by atoms with E-state index in [1.165, 1.54) is 0 Å². The number of rotatable bonds is 2. The fourth-order valence-corrected chi connectivity index (χ4v) is 4.22. The van der Waals surface area contributed by atoms with E-state index in [-0.39, 0.29) is 29.2 Å². The van der Waals surface area contributed by atoms with Crippen molar-refractivity contribution in [3.8, 4) is 0 Å². The predicted molar refractivity (Wildman–Crippen MR) is 87.2 cm³/mol. The average molecular weight is 329 g/mol. The van der Waals surface area contributed by atoms with Crippen LogP contribution in [0.1, 0.15) is 37.2 Å². The van der Waals surface area contributed by atoms with Gasteiger partial charge in [-0.3, -0.25) is 14.6 Å². The molecule has 1 aromatic rings. The molecular formula is C18H23N3O3. The van der Waals surface area contributed by atoms with Crippen LogP contribution in [0.25, 0.3) is 0 Å². The Kier molecular flexibility index (Phi) is 4.00. The molecule has 4 heterocycles. The van der Waals surface area contributed by atoms with Crippen molar-refractivity contribution in [3.63, 3.8) is 0 Å². The summed E-state index contributed by atoms with van der Waals surface area (Å²) < 4.78 is 5.33. The molecule has 3 fully saturated rings. The fraction of sp³-hybridized carbons (Fsp3) is 0.611. The van der Waals surface area contributed by atoms with Crippen LogP contribution in [0.15, 0.2) is 24.5 Å². The molecular weight excluding hydrogens is 306 g/mol. The molecule has 6 nitrogen and oxygen atoms in total. The van der Waals surface area contributed by atoms with Crippen LogP contribution < -0.4 is 5.32 Å². The van der Waals surface area contributed by atoms with E-state index in [0.717, 1.165) is 44.3 Å². The number of amides is 2. The highest BCUT2D eigenvalue weighted by Gasteiger charge is 2.47. The quantitative estimate of drug-likeness (QED) is 0.881. The topological polar surface area (TPSA) is 71.5 Å². The van der Waals surface area contributed by atoms with E-state index in [2.05, 4.69) is 10.3 Å². The standard InChI is InChI=1S/C18H23N3O3/c22-16-15(13-1-6-19-7-2-13)11-18(20-16)4-8-21(9-5-18)17(23)14-3-10-24-12-14/h1-2,6-7,14-15H,3-5,8-12H2,(H,20,22)/t14-,15+/m0/s1. The van der Waals surface area contributed by atoms with Gasteiger partial charge in [-0.15, -0.1) is 0 Å². The third-order valence-electron chi connectivity index (χ3n) is 5.72. The number of aromatic nitrogens is 1. The third kappa shape index (κ3) is 2.79. The third-order valence-corrected chi connectivity index (χ3v) is 5.72. The van der Waals surface area contributed by atoms with E-state index in [4.69, 9.17) is 4.74 Å². The molecule has 6 heteroatoms. The molecule has 4 rings (SSSR count). The molecule has 1 spiro atoms. The molecule has 0 bridgehead atoms. The maximum atomic E-state index is 12.5. The maximum Gasteiger partial charge on any atom is 0.228 e. The number of likely N-dealkylation sites (tertiary alicyclic amines) is 1. The van der Waals surface area contributed by atoms with Gasteiger partial charge in [0.1, 0.15) is 0 Å². The fourth-order valence-electron chi connectivity index (χ4n) is 4.22. The zero-order valence-corrected chi connectivity index (χ0v) is 13.7. The smallest absolute Gasteiger partial charge is 0.228 e. The molecule has 0 aromatic carbocycles. The van der Waals surface area contributed by atoms with Crippen molar-refractivity contribution in [2.45, 2.75) is 37.1 Å². The summed E-state index contributed by atoms with van der Waals surface area (Å²) in [5.41, 5.74) is 0.870. The highest BCUT2D eigenvalue weighted by Crippen LogP contribution is 2.39. The predicted octanol–water partition coefficient (Wildman–Crippen LogP) is 1.08. The molecule has 3 aliphatic heterocycles. The summed E-state index contributed by atoms with van der Waals surface area (Å²) in [5.74, 6) is 0.253. The van der Waals surface area contributed by atoms with E-state index >= 15 is 0 Å². The summed E-state index contributed by atoms with van der Waals surface area (Å²) in [4.78, 5) is 30.9. The molecule has 0 saturated carbocycles. The number of hydrogen-bond acceptors (Lipinski definition) is 4. The van der Waals surface area contributed by atoms with Gasteiger partial charge in [-0.1, -0.05) is 0 Å². The second-order valence-electron chi connectivity index (χ2n) is 7.19. The summed E-state index contributed by atoms with van der Waals surface area (Å²) in [6, 6.07) is 3.84. The van der Waals surface area contributed by atoms with Crippen LogP contribution in [0.3, 0.4) is 0 Å². The minimum Gasteiger partial charge on any atom is -0.381 e. The van der Waals surface area contributed by atoms with E-state index in [1.54, 1.807) is 12.4 Å². The van der Waals surface area contributed by atoms with Crippen molar-refractivity contribution >= 4 is 11.8 Å². The molecule has 1 N–H and O–H groups in total. The Bertz CT molecular complexity index is 620. The molecule has 2 amide bonds. The Hall–Kier alpha value is -1.95. The van der Waals surface area contributed by atoms with Crippen molar-refractivity contribution < 1.29 is 14.3 Å². The van der Waals surface area contributed by atoms with E-state index in [9.17, 15) is 9.59 Å². The molecule has 0 aliphatic carbocycles. The van der Waals surface area contributed by atoms with E-state index in [0.29, 0.717) is 13.2 Å². The summed E-state index contributed by atoms with van der Waals surface area (Å²) in [6.45, 7) is 2.69. The number of piperidine rings is 1. The number of carbonyl (C=O) groups excluding carboxylic acids is 2. The zero-order chi connectivity index (χ0) is 16.6. The minimum atomic E-state index is -0.159. The van der Waals surface area contributed by atoms with Gasteiger partial charge < -0.3 is 15.0 Å². The number of carbonyl (C=O) groups is 2. The van der Waals surface area contributed by atoms with Gasteiger partial charge in [0.2, 0.25) is 11.8 Å². The number of pyridine rings is 1. The van der Waals surface area contributed by atoms with Crippen LogP contribution >= 0.6 is 0 Å². The number of nitrogens with one attached hydrogen (secondary N) is 1. The van der Waals surface area contributed by atoms with Gasteiger partial charge in [0.15, 0.2) is 0 Å². The first kappa shape index (κ1) is 15.6. The zero-order valence-electron chi connectivity index (χ0n) is 13.7. The van der Waals surface area contributed by atoms with Gasteiger partial charge in [0, 0.05) is 37.6 Å². The number of nitrogens with zero attached hydrogens (tertiary/aromatic N) is 2. The Balaban J connectivity index is 1.40. The van der Waals surface area contributed by atoms with Crippen LogP contribution in [0.4, 0.5) is 0 Å². The van der Waals surface area contributed by atoms with Gasteiger partial charge in [-0.2, -0.15) is 0 Å². The molecule has 24 heavy (non-hydrogen) atoms. The summed E-state index contributed by atoms with van der Waals surface area (Å²) in [5, 5.41) is 3.22. The van der Waals surface area contributed by atoms with Crippen LogP contribution in [0, 0.1) is 5.92 Å². The molecule has 0 unspecified atom stereocenters. The highest BCUT2D eigenvalue weighted by molar-refractivity contribution is 5.87. The van der Waals surface area contributed by atoms with Gasteiger partial charge in [-0.25, -0.2) is 0 Å².